The molecule has 1 aliphatic heterocycles. The van der Waals surface area contributed by atoms with Gasteiger partial charge >= 0.3 is 6.01 Å². The van der Waals surface area contributed by atoms with Crippen LogP contribution in [0.2, 0.25) is 0 Å². The number of amides is 1. The van der Waals surface area contributed by atoms with Crippen molar-refractivity contribution in [2.75, 3.05) is 18.0 Å². The van der Waals surface area contributed by atoms with E-state index in [1.54, 1.807) is 6.92 Å². The molecule has 2 atom stereocenters. The van der Waals surface area contributed by atoms with Crippen LogP contribution in [-0.4, -0.2) is 35.2 Å². The van der Waals surface area contributed by atoms with Crippen LogP contribution in [0.4, 0.5) is 6.01 Å². The van der Waals surface area contributed by atoms with E-state index in [1.807, 2.05) is 35.2 Å². The third kappa shape index (κ3) is 3.69. The topological polar surface area (TPSA) is 71.3 Å². The predicted molar refractivity (Wildman–Crippen MR) is 103 cm³/mol. The van der Waals surface area contributed by atoms with Crippen LogP contribution in [-0.2, 0) is 4.79 Å². The molecule has 2 aromatic carbocycles. The number of aromatic nitrogens is 2. The standard InChI is InChI=1S/C21H22N4O2/c1-14-8-10-16(11-9-14)18-12-25(13-19(18)22-15(2)26)21-23-20(24-27-21)17-6-4-3-5-7-17/h3-11,18-19H,12-13H2,1-2H3,(H,22,26)/t18-,19+/m0/s1. The van der Waals surface area contributed by atoms with Gasteiger partial charge in [-0.25, -0.2) is 0 Å². The van der Waals surface area contributed by atoms with E-state index in [0.717, 1.165) is 5.56 Å². The molecule has 4 rings (SSSR count). The molecule has 0 aliphatic carbocycles. The van der Waals surface area contributed by atoms with E-state index in [9.17, 15) is 4.79 Å². The number of hydrogen-bond donors (Lipinski definition) is 1. The van der Waals surface area contributed by atoms with Gasteiger partial charge in [0.2, 0.25) is 11.7 Å². The maximum atomic E-state index is 11.7. The molecule has 6 nitrogen and oxygen atoms in total. The average molecular weight is 362 g/mol. The summed E-state index contributed by atoms with van der Waals surface area (Å²) in [6.45, 7) is 4.97. The van der Waals surface area contributed by atoms with Crippen LogP contribution in [0.25, 0.3) is 11.4 Å². The Morgan fingerprint density at radius 2 is 1.85 bits per heavy atom. The summed E-state index contributed by atoms with van der Waals surface area (Å²) in [5.74, 6) is 0.705. The first-order valence-corrected chi connectivity index (χ1v) is 9.08. The second-order valence-electron chi connectivity index (χ2n) is 7.00. The molecular formula is C21H22N4O2. The van der Waals surface area contributed by atoms with Gasteiger partial charge in [0.25, 0.3) is 0 Å². The van der Waals surface area contributed by atoms with Crippen molar-refractivity contribution in [3.05, 3.63) is 65.7 Å². The van der Waals surface area contributed by atoms with E-state index in [4.69, 9.17) is 4.52 Å². The number of benzene rings is 2. The van der Waals surface area contributed by atoms with Crippen molar-refractivity contribution in [3.8, 4) is 11.4 Å². The number of nitrogens with zero attached hydrogens (tertiary/aromatic N) is 3. The molecule has 1 saturated heterocycles. The third-order valence-corrected chi connectivity index (χ3v) is 4.93. The Morgan fingerprint density at radius 1 is 1.11 bits per heavy atom. The van der Waals surface area contributed by atoms with Gasteiger partial charge in [0.1, 0.15) is 0 Å². The van der Waals surface area contributed by atoms with E-state index in [0.29, 0.717) is 24.9 Å². The second kappa shape index (κ2) is 7.23. The Balaban J connectivity index is 1.58. The van der Waals surface area contributed by atoms with Crippen molar-refractivity contribution in [1.82, 2.24) is 15.5 Å². The number of nitrogens with one attached hydrogen (secondary N) is 1. The molecule has 1 aliphatic rings. The maximum Gasteiger partial charge on any atom is 0.324 e. The summed E-state index contributed by atoms with van der Waals surface area (Å²) in [6, 6.07) is 18.7. The van der Waals surface area contributed by atoms with E-state index >= 15 is 0 Å². The van der Waals surface area contributed by atoms with Crippen molar-refractivity contribution in [1.29, 1.82) is 0 Å². The van der Waals surface area contributed by atoms with Crippen LogP contribution in [0.1, 0.15) is 24.0 Å². The lowest BCUT2D eigenvalue weighted by atomic mass is 9.93. The van der Waals surface area contributed by atoms with Gasteiger partial charge < -0.3 is 14.7 Å². The Kier molecular flexibility index (Phi) is 4.62. The number of anilines is 1. The molecular weight excluding hydrogens is 340 g/mol. The SMILES string of the molecule is CC(=O)N[C@@H]1CN(c2nc(-c3ccccc3)no2)C[C@H]1c1ccc(C)cc1. The highest BCUT2D eigenvalue weighted by atomic mass is 16.5. The van der Waals surface area contributed by atoms with Gasteiger partial charge in [-0.05, 0) is 12.5 Å². The Morgan fingerprint density at radius 3 is 2.56 bits per heavy atom. The molecule has 1 fully saturated rings. The molecule has 0 spiro atoms. The fourth-order valence-corrected chi connectivity index (χ4v) is 3.57. The normalized spacial score (nSPS) is 19.3. The van der Waals surface area contributed by atoms with Crippen molar-refractivity contribution in [3.63, 3.8) is 0 Å². The first-order valence-electron chi connectivity index (χ1n) is 9.08. The zero-order valence-corrected chi connectivity index (χ0v) is 15.4. The van der Waals surface area contributed by atoms with E-state index in [-0.39, 0.29) is 17.9 Å². The zero-order chi connectivity index (χ0) is 18.8. The highest BCUT2D eigenvalue weighted by molar-refractivity contribution is 5.73. The fraction of sp³-hybridized carbons (Fsp3) is 0.286. The highest BCUT2D eigenvalue weighted by Gasteiger charge is 2.36. The first kappa shape index (κ1) is 17.3. The van der Waals surface area contributed by atoms with Gasteiger partial charge in [-0.2, -0.15) is 4.98 Å². The largest absolute Gasteiger partial charge is 0.351 e. The van der Waals surface area contributed by atoms with Gasteiger partial charge in [0, 0.05) is 31.5 Å². The molecule has 6 heteroatoms. The Hall–Kier alpha value is -3.15. The van der Waals surface area contributed by atoms with Crippen LogP contribution in [0, 0.1) is 6.92 Å². The maximum absolute atomic E-state index is 11.7. The van der Waals surface area contributed by atoms with E-state index in [1.165, 1.54) is 11.1 Å². The Bertz CT molecular complexity index is 921. The summed E-state index contributed by atoms with van der Waals surface area (Å²) >= 11 is 0. The molecule has 2 heterocycles. The van der Waals surface area contributed by atoms with E-state index in [2.05, 4.69) is 46.6 Å². The summed E-state index contributed by atoms with van der Waals surface area (Å²) < 4.78 is 5.51. The highest BCUT2D eigenvalue weighted by Crippen LogP contribution is 2.31. The molecule has 1 N–H and O–H groups in total. The number of carbonyl (C=O) groups excluding carboxylic acids is 1. The van der Waals surface area contributed by atoms with Gasteiger partial charge in [-0.1, -0.05) is 65.3 Å². The molecule has 0 saturated carbocycles. The van der Waals surface area contributed by atoms with Gasteiger partial charge in [-0.15, -0.1) is 0 Å². The average Bonchev–Trinajstić information content (AvgIpc) is 3.30. The van der Waals surface area contributed by atoms with Crippen LogP contribution >= 0.6 is 0 Å². The van der Waals surface area contributed by atoms with Crippen molar-refractivity contribution >= 4 is 11.9 Å². The molecule has 0 bridgehead atoms. The van der Waals surface area contributed by atoms with Crippen molar-refractivity contribution in [2.45, 2.75) is 25.8 Å². The monoisotopic (exact) mass is 362 g/mol. The zero-order valence-electron chi connectivity index (χ0n) is 15.4. The molecule has 1 amide bonds. The minimum atomic E-state index is -0.0329. The molecule has 1 aromatic heterocycles. The first-order chi connectivity index (χ1) is 13.1. The van der Waals surface area contributed by atoms with Crippen LogP contribution in [0.3, 0.4) is 0 Å². The molecule has 27 heavy (non-hydrogen) atoms. The van der Waals surface area contributed by atoms with Crippen LogP contribution in [0.5, 0.6) is 0 Å². The lowest BCUT2D eigenvalue weighted by Crippen LogP contribution is -2.38. The second-order valence-corrected chi connectivity index (χ2v) is 7.00. The summed E-state index contributed by atoms with van der Waals surface area (Å²) in [5, 5.41) is 7.18. The summed E-state index contributed by atoms with van der Waals surface area (Å²) in [7, 11) is 0. The van der Waals surface area contributed by atoms with Crippen LogP contribution in [0.15, 0.2) is 59.1 Å². The fourth-order valence-electron chi connectivity index (χ4n) is 3.57. The lowest BCUT2D eigenvalue weighted by molar-refractivity contribution is -0.119. The number of aryl methyl sites for hydroxylation is 1. The van der Waals surface area contributed by atoms with Crippen molar-refractivity contribution in [2.24, 2.45) is 0 Å². The minimum Gasteiger partial charge on any atom is -0.351 e. The molecule has 0 unspecified atom stereocenters. The lowest BCUT2D eigenvalue weighted by Gasteiger charge is -2.19. The van der Waals surface area contributed by atoms with E-state index < -0.39 is 0 Å². The van der Waals surface area contributed by atoms with Gasteiger partial charge in [0.05, 0.1) is 6.04 Å². The third-order valence-electron chi connectivity index (χ3n) is 4.93. The summed E-state index contributed by atoms with van der Waals surface area (Å²) in [5.41, 5.74) is 3.33. The number of rotatable bonds is 4. The molecule has 3 aromatic rings. The number of carbonyl (C=O) groups is 1. The molecule has 138 valence electrons. The minimum absolute atomic E-state index is 0.00252. The summed E-state index contributed by atoms with van der Waals surface area (Å²) in [4.78, 5) is 18.3. The smallest absolute Gasteiger partial charge is 0.324 e. The number of hydrogen-bond acceptors (Lipinski definition) is 5. The Labute approximate surface area is 158 Å². The van der Waals surface area contributed by atoms with Crippen LogP contribution < -0.4 is 10.2 Å². The quantitative estimate of drug-likeness (QED) is 0.772. The van der Waals surface area contributed by atoms with Crippen molar-refractivity contribution < 1.29 is 9.32 Å². The van der Waals surface area contributed by atoms with Gasteiger partial charge in [0.15, 0.2) is 0 Å². The summed E-state index contributed by atoms with van der Waals surface area (Å²) in [6.07, 6.45) is 0. The predicted octanol–water partition coefficient (Wildman–Crippen LogP) is 3.15. The molecule has 0 radical (unpaired) electrons. The van der Waals surface area contributed by atoms with Gasteiger partial charge in [-0.3, -0.25) is 4.79 Å².